The van der Waals surface area contributed by atoms with Gasteiger partial charge >= 0.3 is 0 Å². The van der Waals surface area contributed by atoms with Crippen molar-refractivity contribution in [3.8, 4) is 5.75 Å². The fraction of sp³-hybridized carbons (Fsp3) is 0.429. The molecule has 0 radical (unpaired) electrons. The van der Waals surface area contributed by atoms with E-state index in [2.05, 4.69) is 22.1 Å². The Kier molecular flexibility index (Phi) is 8.70. The molecule has 2 aromatic rings. The van der Waals surface area contributed by atoms with Crippen LogP contribution in [0.2, 0.25) is 0 Å². The number of hydrogen-bond acceptors (Lipinski definition) is 6. The van der Waals surface area contributed by atoms with Crippen LogP contribution >= 0.6 is 0 Å². The van der Waals surface area contributed by atoms with Crippen molar-refractivity contribution >= 4 is 17.4 Å². The molecule has 0 spiro atoms. The van der Waals surface area contributed by atoms with E-state index >= 15 is 0 Å². The first-order valence-corrected chi connectivity index (χ1v) is 12.3. The zero-order valence-electron chi connectivity index (χ0n) is 22.5. The van der Waals surface area contributed by atoms with Crippen LogP contribution in [0.5, 0.6) is 5.75 Å². The third kappa shape index (κ3) is 6.54. The summed E-state index contributed by atoms with van der Waals surface area (Å²) in [7, 11) is 1.54. The Morgan fingerprint density at radius 2 is 2.03 bits per heavy atom. The van der Waals surface area contributed by atoms with Crippen molar-refractivity contribution in [2.45, 2.75) is 53.6 Å². The van der Waals surface area contributed by atoms with E-state index < -0.39 is 5.41 Å². The van der Waals surface area contributed by atoms with E-state index in [0.717, 1.165) is 16.7 Å². The predicted octanol–water partition coefficient (Wildman–Crippen LogP) is 3.67. The van der Waals surface area contributed by atoms with Gasteiger partial charge in [-0.2, -0.15) is 0 Å². The molecule has 0 saturated heterocycles. The van der Waals surface area contributed by atoms with Crippen LogP contribution in [-0.4, -0.2) is 56.8 Å². The molecule has 1 aromatic heterocycles. The highest BCUT2D eigenvalue weighted by molar-refractivity contribution is 5.98. The van der Waals surface area contributed by atoms with E-state index in [9.17, 15) is 14.7 Å². The van der Waals surface area contributed by atoms with E-state index in [-0.39, 0.29) is 24.5 Å². The molecule has 0 bridgehead atoms. The lowest BCUT2D eigenvalue weighted by Gasteiger charge is -2.34. The number of fused-ring (bicyclic) bond motifs is 1. The molecule has 2 amide bonds. The molecule has 2 heterocycles. The van der Waals surface area contributed by atoms with E-state index in [4.69, 9.17) is 4.74 Å². The van der Waals surface area contributed by atoms with Gasteiger partial charge < -0.3 is 24.6 Å². The van der Waals surface area contributed by atoms with Crippen LogP contribution in [0.25, 0.3) is 5.57 Å². The average Bonchev–Trinajstić information content (AvgIpc) is 3.36. The molecule has 37 heavy (non-hydrogen) atoms. The van der Waals surface area contributed by atoms with E-state index in [0.29, 0.717) is 42.3 Å². The average molecular weight is 508 g/mol. The van der Waals surface area contributed by atoms with Crippen molar-refractivity contribution in [1.29, 1.82) is 0 Å². The minimum atomic E-state index is -0.464. The second kappa shape index (κ2) is 11.6. The lowest BCUT2D eigenvalue weighted by Crippen LogP contribution is -2.42. The molecular weight excluding hydrogens is 470 g/mol. The molecule has 0 aliphatic carbocycles. The number of allylic oxidation sites excluding steroid dienone is 4. The Hall–Kier alpha value is -3.72. The van der Waals surface area contributed by atoms with Gasteiger partial charge in [0, 0.05) is 24.2 Å². The first-order chi connectivity index (χ1) is 17.5. The Morgan fingerprint density at radius 1 is 1.30 bits per heavy atom. The highest BCUT2D eigenvalue weighted by Crippen LogP contribution is 2.30. The van der Waals surface area contributed by atoms with Gasteiger partial charge in [0.25, 0.3) is 5.91 Å². The topological polar surface area (TPSA) is 110 Å². The highest BCUT2D eigenvalue weighted by Gasteiger charge is 2.30. The van der Waals surface area contributed by atoms with Crippen LogP contribution in [0.4, 0.5) is 0 Å². The van der Waals surface area contributed by atoms with Crippen molar-refractivity contribution < 1.29 is 19.4 Å². The van der Waals surface area contributed by atoms with Crippen molar-refractivity contribution in [3.63, 3.8) is 0 Å². The molecular formula is C28H37N5O4. The number of nitrogens with zero attached hydrogens (tertiary/aromatic N) is 4. The smallest absolute Gasteiger partial charge is 0.259 e. The number of aromatic nitrogens is 3. The van der Waals surface area contributed by atoms with Gasteiger partial charge in [0.1, 0.15) is 12.1 Å². The van der Waals surface area contributed by atoms with Crippen LogP contribution in [-0.2, 0) is 17.8 Å². The largest absolute Gasteiger partial charge is 0.496 e. The van der Waals surface area contributed by atoms with Crippen molar-refractivity contribution in [1.82, 2.24) is 25.0 Å². The minimum Gasteiger partial charge on any atom is -0.496 e. The third-order valence-corrected chi connectivity index (χ3v) is 6.29. The van der Waals surface area contributed by atoms with E-state index in [1.165, 1.54) is 7.11 Å². The van der Waals surface area contributed by atoms with Crippen LogP contribution < -0.4 is 10.1 Å². The first kappa shape index (κ1) is 27.9. The molecule has 0 fully saturated rings. The summed E-state index contributed by atoms with van der Waals surface area (Å²) in [6, 6.07) is 3.55. The van der Waals surface area contributed by atoms with Crippen LogP contribution in [0, 0.1) is 5.41 Å². The third-order valence-electron chi connectivity index (χ3n) is 6.29. The number of carbonyl (C=O) groups is 2. The number of ether oxygens (including phenoxy) is 1. The lowest BCUT2D eigenvalue weighted by molar-refractivity contribution is -0.140. The molecule has 3 rings (SSSR count). The Labute approximate surface area is 218 Å². The number of benzene rings is 1. The normalized spacial score (nSPS) is 14.9. The molecule has 1 atom stereocenters. The van der Waals surface area contributed by atoms with Gasteiger partial charge in [-0.05, 0) is 55.2 Å². The Morgan fingerprint density at radius 3 is 2.68 bits per heavy atom. The molecule has 9 nitrogen and oxygen atoms in total. The van der Waals surface area contributed by atoms with Gasteiger partial charge in [-0.1, -0.05) is 39.5 Å². The number of nitrogens with one attached hydrogen (secondary N) is 1. The van der Waals surface area contributed by atoms with Gasteiger partial charge in [0.15, 0.2) is 5.82 Å². The summed E-state index contributed by atoms with van der Waals surface area (Å²) in [5.74, 6) is 0.882. The number of aliphatic hydroxyl groups is 1. The number of hydrogen-bond donors (Lipinski definition) is 2. The standard InChI is InChI=1S/C28H37N5O4/c1-18(25-31-29-17-33(25)20(3)16-34)9-8-10-19(2)30-26(35)23-13-22-15-32(27(36)28(4,5)6)12-11-21(22)14-24(23)37-7/h8-10,13-14,17,20,34H,2,11-12,15-16H2,1,3-7H3,(H,30,35)/b10-8-,18-9+. The number of rotatable bonds is 8. The zero-order chi connectivity index (χ0) is 27.3. The molecule has 1 aromatic carbocycles. The molecule has 1 unspecified atom stereocenters. The summed E-state index contributed by atoms with van der Waals surface area (Å²) in [5.41, 5.74) is 3.19. The summed E-state index contributed by atoms with van der Waals surface area (Å²) >= 11 is 0. The lowest BCUT2D eigenvalue weighted by atomic mass is 9.91. The van der Waals surface area contributed by atoms with Crippen LogP contribution in [0.3, 0.4) is 0 Å². The predicted molar refractivity (Wildman–Crippen MR) is 143 cm³/mol. The van der Waals surface area contributed by atoms with Crippen molar-refractivity contribution in [2.24, 2.45) is 5.41 Å². The van der Waals surface area contributed by atoms with E-state index in [1.807, 2.05) is 57.7 Å². The van der Waals surface area contributed by atoms with Crippen molar-refractivity contribution in [2.75, 3.05) is 20.3 Å². The van der Waals surface area contributed by atoms with Gasteiger partial charge in [-0.15, -0.1) is 10.2 Å². The number of aliphatic hydroxyl groups excluding tert-OH is 1. The molecule has 0 saturated carbocycles. The van der Waals surface area contributed by atoms with Gasteiger partial charge in [-0.3, -0.25) is 9.59 Å². The maximum absolute atomic E-state index is 13.1. The number of amides is 2. The quantitative estimate of drug-likeness (QED) is 0.528. The van der Waals surface area contributed by atoms with Crippen LogP contribution in [0.15, 0.2) is 49.0 Å². The highest BCUT2D eigenvalue weighted by atomic mass is 16.5. The van der Waals surface area contributed by atoms with Gasteiger partial charge in [0.05, 0.1) is 25.3 Å². The Balaban J connectivity index is 1.72. The van der Waals surface area contributed by atoms with E-state index in [1.54, 1.807) is 23.0 Å². The molecule has 2 N–H and O–H groups in total. The molecule has 198 valence electrons. The number of carbonyl (C=O) groups excluding carboxylic acids is 2. The molecule has 1 aliphatic heterocycles. The van der Waals surface area contributed by atoms with Crippen molar-refractivity contribution in [3.05, 3.63) is 71.5 Å². The maximum Gasteiger partial charge on any atom is 0.259 e. The fourth-order valence-corrected chi connectivity index (χ4v) is 4.15. The van der Waals surface area contributed by atoms with Gasteiger partial charge in [-0.25, -0.2) is 0 Å². The summed E-state index contributed by atoms with van der Waals surface area (Å²) in [5, 5.41) is 20.3. The summed E-state index contributed by atoms with van der Waals surface area (Å²) in [6.07, 6.45) is 7.58. The molecule has 1 aliphatic rings. The summed E-state index contributed by atoms with van der Waals surface area (Å²) < 4.78 is 7.31. The minimum absolute atomic E-state index is 0.0198. The summed E-state index contributed by atoms with van der Waals surface area (Å²) in [6.45, 7) is 14.5. The monoisotopic (exact) mass is 507 g/mol. The SMILES string of the molecule is C=C(/C=C\C=C(/C)c1nncn1C(C)CO)NC(=O)c1cc2c(cc1OC)CCN(C(=O)C(C)(C)C)C2. The van der Waals surface area contributed by atoms with Gasteiger partial charge in [0.2, 0.25) is 5.91 Å². The first-order valence-electron chi connectivity index (χ1n) is 12.3. The molecule has 9 heteroatoms. The number of methoxy groups -OCH3 is 1. The fourth-order valence-electron chi connectivity index (χ4n) is 4.15. The second-order valence-electron chi connectivity index (χ2n) is 10.3. The second-order valence-corrected chi connectivity index (χ2v) is 10.3. The Bertz CT molecular complexity index is 1240. The maximum atomic E-state index is 13.1. The zero-order valence-corrected chi connectivity index (χ0v) is 22.5. The van der Waals surface area contributed by atoms with Crippen LogP contribution in [0.1, 0.15) is 68.0 Å². The summed E-state index contributed by atoms with van der Waals surface area (Å²) in [4.78, 5) is 27.7.